The Morgan fingerprint density at radius 1 is 0.879 bits per heavy atom. The molecule has 2 aromatic rings. The van der Waals surface area contributed by atoms with Gasteiger partial charge in [0.15, 0.2) is 6.10 Å². The number of nitrogens with zero attached hydrogens (tertiary/aromatic N) is 2. The average molecular weight is 451 g/mol. The Morgan fingerprint density at radius 3 is 2.00 bits per heavy atom. The number of rotatable bonds is 5. The number of hydrogen-bond donors (Lipinski definition) is 0. The lowest BCUT2D eigenvalue weighted by Crippen LogP contribution is -2.63. The third-order valence-electron chi connectivity index (χ3n) is 6.19. The maximum Gasteiger partial charge on any atom is 0.338 e. The topological polar surface area (TPSA) is 76.2 Å². The third kappa shape index (κ3) is 4.70. The van der Waals surface area contributed by atoms with Crippen molar-refractivity contribution in [3.8, 4) is 0 Å². The Labute approximate surface area is 194 Å². The van der Waals surface area contributed by atoms with E-state index in [0.717, 1.165) is 0 Å². The maximum atomic E-state index is 13.1. The van der Waals surface area contributed by atoms with E-state index in [1.807, 2.05) is 44.9 Å². The zero-order valence-corrected chi connectivity index (χ0v) is 19.5. The van der Waals surface area contributed by atoms with Crippen LogP contribution in [0.25, 0.3) is 0 Å². The molecule has 2 amide bonds. The monoisotopic (exact) mass is 450 g/mol. The van der Waals surface area contributed by atoms with Gasteiger partial charge in [0, 0.05) is 23.9 Å². The van der Waals surface area contributed by atoms with Gasteiger partial charge in [-0.25, -0.2) is 9.69 Å². The summed E-state index contributed by atoms with van der Waals surface area (Å²) in [5.41, 5.74) is -0.00810. The van der Waals surface area contributed by atoms with E-state index in [9.17, 15) is 14.4 Å². The minimum Gasteiger partial charge on any atom is -0.459 e. The fourth-order valence-corrected chi connectivity index (χ4v) is 5.00. The van der Waals surface area contributed by atoms with Crippen LogP contribution in [0, 0.1) is 0 Å². The highest BCUT2D eigenvalue weighted by atomic mass is 16.7. The predicted molar refractivity (Wildman–Crippen MR) is 123 cm³/mol. The first-order chi connectivity index (χ1) is 15.6. The van der Waals surface area contributed by atoms with Crippen molar-refractivity contribution in [2.75, 3.05) is 4.90 Å². The van der Waals surface area contributed by atoms with E-state index in [4.69, 9.17) is 9.57 Å². The maximum absolute atomic E-state index is 13.1. The lowest BCUT2D eigenvalue weighted by molar-refractivity contribution is -0.306. The summed E-state index contributed by atoms with van der Waals surface area (Å²) < 4.78 is 5.83. The average Bonchev–Trinajstić information content (AvgIpc) is 3.04. The summed E-state index contributed by atoms with van der Waals surface area (Å²) in [7, 11) is 0. The van der Waals surface area contributed by atoms with Gasteiger partial charge in [-0.2, -0.15) is 5.06 Å². The van der Waals surface area contributed by atoms with E-state index >= 15 is 0 Å². The van der Waals surface area contributed by atoms with Gasteiger partial charge in [0.1, 0.15) is 6.10 Å². The van der Waals surface area contributed by atoms with E-state index < -0.39 is 17.2 Å². The number of hydroxylamine groups is 2. The quantitative estimate of drug-likeness (QED) is 0.504. The standard InChI is InChI=1S/C26H30N2O5/c1-25(2)16-20(32-24(31)18-11-7-5-8-12-18)17-26(3,4)28(25)33-21-15-22(29)27(23(21)30)19-13-9-6-10-14-19/h5-14,20-21H,15-17H2,1-4H3. The molecule has 2 fully saturated rings. The summed E-state index contributed by atoms with van der Waals surface area (Å²) >= 11 is 0. The Bertz CT molecular complexity index is 1020. The van der Waals surface area contributed by atoms with E-state index in [-0.39, 0.29) is 30.3 Å². The van der Waals surface area contributed by atoms with Crippen LogP contribution in [-0.2, 0) is 19.2 Å². The summed E-state index contributed by atoms with van der Waals surface area (Å²) in [6.07, 6.45) is -0.134. The van der Waals surface area contributed by atoms with Gasteiger partial charge in [0.2, 0.25) is 5.91 Å². The van der Waals surface area contributed by atoms with Crippen molar-refractivity contribution in [1.82, 2.24) is 5.06 Å². The van der Waals surface area contributed by atoms with E-state index in [2.05, 4.69) is 0 Å². The number of amides is 2. The first-order valence-electron chi connectivity index (χ1n) is 11.2. The van der Waals surface area contributed by atoms with Crippen LogP contribution in [0.3, 0.4) is 0 Å². The van der Waals surface area contributed by atoms with E-state index in [0.29, 0.717) is 24.1 Å². The van der Waals surface area contributed by atoms with Crippen molar-refractivity contribution in [2.45, 2.75) is 70.2 Å². The highest BCUT2D eigenvalue weighted by Crippen LogP contribution is 2.41. The zero-order chi connectivity index (χ0) is 23.8. The number of imide groups is 1. The van der Waals surface area contributed by atoms with Gasteiger partial charge in [-0.1, -0.05) is 36.4 Å². The van der Waals surface area contributed by atoms with Gasteiger partial charge in [0.25, 0.3) is 5.91 Å². The number of hydrogen-bond acceptors (Lipinski definition) is 6. The molecule has 0 radical (unpaired) electrons. The van der Waals surface area contributed by atoms with Crippen LogP contribution in [0.1, 0.15) is 57.3 Å². The molecule has 0 aromatic heterocycles. The van der Waals surface area contributed by atoms with Crippen LogP contribution >= 0.6 is 0 Å². The molecule has 1 atom stereocenters. The third-order valence-corrected chi connectivity index (χ3v) is 6.19. The Hall–Kier alpha value is -3.03. The van der Waals surface area contributed by atoms with Crippen molar-refractivity contribution in [2.24, 2.45) is 0 Å². The molecule has 0 aliphatic carbocycles. The second-order valence-corrected chi connectivity index (χ2v) is 9.92. The minimum atomic E-state index is -0.889. The number of esters is 1. The number of anilines is 1. The van der Waals surface area contributed by atoms with Gasteiger partial charge < -0.3 is 4.74 Å². The molecule has 33 heavy (non-hydrogen) atoms. The molecule has 7 nitrogen and oxygen atoms in total. The van der Waals surface area contributed by atoms with Crippen molar-refractivity contribution < 1.29 is 24.0 Å². The minimum absolute atomic E-state index is 0.0111. The molecule has 4 rings (SSSR count). The van der Waals surface area contributed by atoms with Gasteiger partial charge in [-0.15, -0.1) is 0 Å². The zero-order valence-electron chi connectivity index (χ0n) is 19.5. The number of carbonyl (C=O) groups is 3. The van der Waals surface area contributed by atoms with Crippen molar-refractivity contribution in [3.63, 3.8) is 0 Å². The number of piperidine rings is 1. The van der Waals surface area contributed by atoms with Crippen LogP contribution in [0.5, 0.6) is 0 Å². The molecular formula is C26H30N2O5. The highest BCUT2D eigenvalue weighted by Gasteiger charge is 2.51. The van der Waals surface area contributed by atoms with E-state index in [1.165, 1.54) is 4.90 Å². The number of carbonyl (C=O) groups excluding carboxylic acids is 3. The molecule has 2 saturated heterocycles. The summed E-state index contributed by atoms with van der Waals surface area (Å²) in [5, 5.41) is 1.82. The fraction of sp³-hybridized carbons (Fsp3) is 0.423. The molecule has 2 aliphatic heterocycles. The molecule has 2 aromatic carbocycles. The number of benzene rings is 2. The van der Waals surface area contributed by atoms with Gasteiger partial charge in [0.05, 0.1) is 17.7 Å². The lowest BCUT2D eigenvalue weighted by atomic mass is 9.80. The fourth-order valence-electron chi connectivity index (χ4n) is 5.00. The molecule has 0 bridgehead atoms. The predicted octanol–water partition coefficient (Wildman–Crippen LogP) is 4.13. The van der Waals surface area contributed by atoms with Crippen molar-refractivity contribution in [1.29, 1.82) is 0 Å². The van der Waals surface area contributed by atoms with E-state index in [1.54, 1.807) is 48.5 Å². The molecule has 1 unspecified atom stereocenters. The van der Waals surface area contributed by atoms with Crippen LogP contribution in [-0.4, -0.2) is 46.1 Å². The molecule has 2 aliphatic rings. The van der Waals surface area contributed by atoms with Crippen LogP contribution in [0.2, 0.25) is 0 Å². The SMILES string of the molecule is CC1(C)CC(OC(=O)c2ccccc2)CC(C)(C)N1OC1CC(=O)N(c2ccccc2)C1=O. The lowest BCUT2D eigenvalue weighted by Gasteiger charge is -2.53. The van der Waals surface area contributed by atoms with Crippen LogP contribution < -0.4 is 4.90 Å². The molecule has 0 saturated carbocycles. The number of ether oxygens (including phenoxy) is 1. The molecular weight excluding hydrogens is 420 g/mol. The largest absolute Gasteiger partial charge is 0.459 e. The second kappa shape index (κ2) is 8.72. The van der Waals surface area contributed by atoms with Gasteiger partial charge in [-0.05, 0) is 52.0 Å². The summed E-state index contributed by atoms with van der Waals surface area (Å²) in [6, 6.07) is 17.8. The molecule has 174 valence electrons. The summed E-state index contributed by atoms with van der Waals surface area (Å²) in [6.45, 7) is 7.97. The summed E-state index contributed by atoms with van der Waals surface area (Å²) in [5.74, 6) is -0.995. The Morgan fingerprint density at radius 2 is 1.42 bits per heavy atom. The molecule has 0 N–H and O–H groups in total. The Balaban J connectivity index is 1.47. The summed E-state index contributed by atoms with van der Waals surface area (Å²) in [4.78, 5) is 45.7. The molecule has 0 spiro atoms. The number of para-hydroxylation sites is 1. The second-order valence-electron chi connectivity index (χ2n) is 9.92. The van der Waals surface area contributed by atoms with Crippen LogP contribution in [0.15, 0.2) is 60.7 Å². The van der Waals surface area contributed by atoms with Crippen molar-refractivity contribution >= 4 is 23.5 Å². The molecule has 2 heterocycles. The van der Waals surface area contributed by atoms with Crippen molar-refractivity contribution in [3.05, 3.63) is 66.2 Å². The first kappa shape index (κ1) is 23.1. The highest BCUT2D eigenvalue weighted by molar-refractivity contribution is 6.22. The molecule has 7 heteroatoms. The first-order valence-corrected chi connectivity index (χ1v) is 11.2. The van der Waals surface area contributed by atoms with Gasteiger partial charge in [-0.3, -0.25) is 14.4 Å². The van der Waals surface area contributed by atoms with Gasteiger partial charge >= 0.3 is 5.97 Å². The van der Waals surface area contributed by atoms with Crippen LogP contribution in [0.4, 0.5) is 5.69 Å². The normalized spacial score (nSPS) is 23.0. The smallest absolute Gasteiger partial charge is 0.338 e. The Kier molecular flexibility index (Phi) is 6.12.